The zero-order chi connectivity index (χ0) is 9.84. The quantitative estimate of drug-likeness (QED) is 0.703. The van der Waals surface area contributed by atoms with Gasteiger partial charge in [-0.05, 0) is 25.0 Å². The second kappa shape index (κ2) is 3.99. The summed E-state index contributed by atoms with van der Waals surface area (Å²) in [6.45, 7) is 3.33. The zero-order valence-corrected chi connectivity index (χ0v) is 7.92. The van der Waals surface area contributed by atoms with Crippen molar-refractivity contribution in [1.82, 2.24) is 0 Å². The number of nitrogens with one attached hydrogen (secondary N) is 1. The van der Waals surface area contributed by atoms with E-state index >= 15 is 0 Å². The summed E-state index contributed by atoms with van der Waals surface area (Å²) >= 11 is 0. The molecule has 2 heteroatoms. The van der Waals surface area contributed by atoms with Crippen molar-refractivity contribution in [1.29, 1.82) is 5.41 Å². The van der Waals surface area contributed by atoms with Crippen LogP contribution < -0.4 is 0 Å². The van der Waals surface area contributed by atoms with Crippen LogP contribution in [0.2, 0.25) is 0 Å². The summed E-state index contributed by atoms with van der Waals surface area (Å²) < 4.78 is 0. The topological polar surface area (TPSA) is 40.9 Å². The second-order valence-electron chi connectivity index (χ2n) is 3.20. The zero-order valence-electron chi connectivity index (χ0n) is 7.92. The van der Waals surface area contributed by atoms with Gasteiger partial charge in [-0.3, -0.25) is 4.79 Å². The molecule has 0 aliphatic rings. The van der Waals surface area contributed by atoms with E-state index in [1.165, 1.54) is 0 Å². The first kappa shape index (κ1) is 9.65. The SMILES string of the molecule is CC(=N)c1ccc(CC(C)=O)cc1. The van der Waals surface area contributed by atoms with Crippen LogP contribution in [0.3, 0.4) is 0 Å². The molecule has 13 heavy (non-hydrogen) atoms. The molecule has 0 aliphatic carbocycles. The van der Waals surface area contributed by atoms with Crippen molar-refractivity contribution < 1.29 is 4.79 Å². The van der Waals surface area contributed by atoms with E-state index < -0.39 is 0 Å². The third-order valence-corrected chi connectivity index (χ3v) is 1.84. The standard InChI is InChI=1S/C11H13NO/c1-8(13)7-10-3-5-11(6-4-10)9(2)12/h3-6,12H,7H2,1-2H3. The Morgan fingerprint density at radius 1 is 1.23 bits per heavy atom. The number of carbonyl (C=O) groups is 1. The number of carbonyl (C=O) groups excluding carboxylic acids is 1. The van der Waals surface area contributed by atoms with Gasteiger partial charge >= 0.3 is 0 Å². The minimum absolute atomic E-state index is 0.166. The Bertz CT molecular complexity index is 324. The maximum absolute atomic E-state index is 10.8. The van der Waals surface area contributed by atoms with Gasteiger partial charge in [0.05, 0.1) is 0 Å². The second-order valence-corrected chi connectivity index (χ2v) is 3.20. The average molecular weight is 175 g/mol. The highest BCUT2D eigenvalue weighted by Gasteiger charge is 1.98. The number of ketones is 1. The fraction of sp³-hybridized carbons (Fsp3) is 0.273. The van der Waals surface area contributed by atoms with E-state index in [1.807, 2.05) is 24.3 Å². The Morgan fingerprint density at radius 3 is 2.15 bits per heavy atom. The lowest BCUT2D eigenvalue weighted by molar-refractivity contribution is -0.116. The van der Waals surface area contributed by atoms with Crippen LogP contribution in [0.1, 0.15) is 25.0 Å². The molecular weight excluding hydrogens is 162 g/mol. The molecule has 68 valence electrons. The largest absolute Gasteiger partial charge is 0.305 e. The molecule has 0 atom stereocenters. The van der Waals surface area contributed by atoms with Crippen LogP contribution in [0.25, 0.3) is 0 Å². The smallest absolute Gasteiger partial charge is 0.134 e. The highest BCUT2D eigenvalue weighted by molar-refractivity contribution is 5.96. The van der Waals surface area contributed by atoms with Gasteiger partial charge < -0.3 is 5.41 Å². The van der Waals surface area contributed by atoms with Gasteiger partial charge in [-0.1, -0.05) is 24.3 Å². The third kappa shape index (κ3) is 2.82. The summed E-state index contributed by atoms with van der Waals surface area (Å²) in [5, 5.41) is 7.38. The lowest BCUT2D eigenvalue weighted by atomic mass is 10.1. The molecule has 0 saturated carbocycles. The Kier molecular flexibility index (Phi) is 2.96. The predicted molar refractivity (Wildman–Crippen MR) is 53.3 cm³/mol. The normalized spacial score (nSPS) is 9.69. The molecule has 0 saturated heterocycles. The van der Waals surface area contributed by atoms with Gasteiger partial charge in [-0.2, -0.15) is 0 Å². The van der Waals surface area contributed by atoms with Crippen molar-refractivity contribution in [2.75, 3.05) is 0 Å². The fourth-order valence-corrected chi connectivity index (χ4v) is 1.16. The Hall–Kier alpha value is -1.44. The maximum Gasteiger partial charge on any atom is 0.134 e. The third-order valence-electron chi connectivity index (χ3n) is 1.84. The first-order valence-electron chi connectivity index (χ1n) is 4.23. The fourth-order valence-electron chi connectivity index (χ4n) is 1.16. The van der Waals surface area contributed by atoms with Crippen molar-refractivity contribution in [2.45, 2.75) is 20.3 Å². The molecule has 0 fully saturated rings. The van der Waals surface area contributed by atoms with Gasteiger partial charge in [0.2, 0.25) is 0 Å². The van der Waals surface area contributed by atoms with Gasteiger partial charge in [-0.15, -0.1) is 0 Å². The van der Waals surface area contributed by atoms with Crippen LogP contribution in [0.15, 0.2) is 24.3 Å². The Balaban J connectivity index is 2.81. The monoisotopic (exact) mass is 175 g/mol. The minimum atomic E-state index is 0.166. The molecule has 0 heterocycles. The number of benzene rings is 1. The van der Waals surface area contributed by atoms with Crippen molar-refractivity contribution in [3.05, 3.63) is 35.4 Å². The van der Waals surface area contributed by atoms with E-state index in [0.29, 0.717) is 12.1 Å². The van der Waals surface area contributed by atoms with E-state index in [4.69, 9.17) is 5.41 Å². The van der Waals surface area contributed by atoms with E-state index in [0.717, 1.165) is 11.1 Å². The van der Waals surface area contributed by atoms with Gasteiger partial charge in [0.25, 0.3) is 0 Å². The molecule has 0 aromatic heterocycles. The number of hydrogen-bond acceptors (Lipinski definition) is 2. The van der Waals surface area contributed by atoms with Crippen LogP contribution in [-0.2, 0) is 11.2 Å². The molecule has 0 radical (unpaired) electrons. The van der Waals surface area contributed by atoms with E-state index in [9.17, 15) is 4.79 Å². The molecular formula is C11H13NO. The van der Waals surface area contributed by atoms with Gasteiger partial charge in [0.1, 0.15) is 5.78 Å². The molecule has 0 spiro atoms. The Labute approximate surface area is 78.1 Å². The van der Waals surface area contributed by atoms with Gasteiger partial charge in [0, 0.05) is 12.1 Å². The molecule has 0 amide bonds. The van der Waals surface area contributed by atoms with Crippen LogP contribution in [-0.4, -0.2) is 11.5 Å². The Morgan fingerprint density at radius 2 is 1.77 bits per heavy atom. The molecule has 1 N–H and O–H groups in total. The maximum atomic E-state index is 10.8. The number of hydrogen-bond donors (Lipinski definition) is 1. The van der Waals surface area contributed by atoms with Gasteiger partial charge in [-0.25, -0.2) is 0 Å². The van der Waals surface area contributed by atoms with E-state index in [1.54, 1.807) is 13.8 Å². The van der Waals surface area contributed by atoms with Crippen molar-refractivity contribution in [3.8, 4) is 0 Å². The van der Waals surface area contributed by atoms with Crippen LogP contribution >= 0.6 is 0 Å². The summed E-state index contributed by atoms with van der Waals surface area (Å²) in [4.78, 5) is 10.8. The molecule has 2 nitrogen and oxygen atoms in total. The van der Waals surface area contributed by atoms with Crippen molar-refractivity contribution in [3.63, 3.8) is 0 Å². The van der Waals surface area contributed by atoms with E-state index in [2.05, 4.69) is 0 Å². The molecule has 1 aromatic carbocycles. The summed E-state index contributed by atoms with van der Waals surface area (Å²) in [7, 11) is 0. The first-order valence-corrected chi connectivity index (χ1v) is 4.23. The average Bonchev–Trinajstić information content (AvgIpc) is 2.04. The molecule has 1 rings (SSSR count). The molecule has 0 unspecified atom stereocenters. The van der Waals surface area contributed by atoms with Crippen molar-refractivity contribution >= 4 is 11.5 Å². The summed E-state index contributed by atoms with van der Waals surface area (Å²) in [5.41, 5.74) is 2.47. The predicted octanol–water partition coefficient (Wildman–Crippen LogP) is 2.21. The number of Topliss-reactive ketones (excluding diaryl/α,β-unsaturated/α-hetero) is 1. The summed E-state index contributed by atoms with van der Waals surface area (Å²) in [6.07, 6.45) is 0.483. The lowest BCUT2D eigenvalue weighted by Gasteiger charge is -2.00. The van der Waals surface area contributed by atoms with Crippen molar-refractivity contribution in [2.24, 2.45) is 0 Å². The summed E-state index contributed by atoms with van der Waals surface area (Å²) in [6, 6.07) is 7.55. The minimum Gasteiger partial charge on any atom is -0.305 e. The van der Waals surface area contributed by atoms with E-state index in [-0.39, 0.29) is 5.78 Å². The van der Waals surface area contributed by atoms with Crippen LogP contribution in [0.5, 0.6) is 0 Å². The highest BCUT2D eigenvalue weighted by atomic mass is 16.1. The molecule has 0 aliphatic heterocycles. The van der Waals surface area contributed by atoms with Gasteiger partial charge in [0.15, 0.2) is 0 Å². The van der Waals surface area contributed by atoms with Crippen LogP contribution in [0.4, 0.5) is 0 Å². The first-order chi connectivity index (χ1) is 6.09. The molecule has 1 aromatic rings. The lowest BCUT2D eigenvalue weighted by Crippen LogP contribution is -1.97. The summed E-state index contributed by atoms with van der Waals surface area (Å²) in [5.74, 6) is 0.166. The van der Waals surface area contributed by atoms with Crippen LogP contribution in [0, 0.1) is 5.41 Å². The highest BCUT2D eigenvalue weighted by Crippen LogP contribution is 2.05. The molecule has 0 bridgehead atoms. The number of rotatable bonds is 3.